The minimum absolute atomic E-state index is 0.0882. The lowest BCUT2D eigenvalue weighted by atomic mass is 10.3. The summed E-state index contributed by atoms with van der Waals surface area (Å²) in [5.74, 6) is 0.539. The maximum Gasteiger partial charge on any atom is 0.225 e. The van der Waals surface area contributed by atoms with Crippen LogP contribution in [0.1, 0.15) is 4.88 Å². The maximum absolute atomic E-state index is 8.80. The van der Waals surface area contributed by atoms with E-state index in [-0.39, 0.29) is 18.4 Å². The Bertz CT molecular complexity index is 650. The van der Waals surface area contributed by atoms with E-state index in [1.807, 2.05) is 25.1 Å². The third kappa shape index (κ3) is 2.35. The molecule has 0 N–H and O–H groups in total. The van der Waals surface area contributed by atoms with E-state index in [0.29, 0.717) is 5.82 Å². The van der Waals surface area contributed by atoms with Gasteiger partial charge in [-0.1, -0.05) is 0 Å². The Labute approximate surface area is 113 Å². The zero-order chi connectivity index (χ0) is 13.1. The second-order valence-electron chi connectivity index (χ2n) is 3.56. The van der Waals surface area contributed by atoms with Crippen LogP contribution in [-0.4, -0.2) is 23.1 Å². The van der Waals surface area contributed by atoms with Crippen molar-refractivity contribution in [3.05, 3.63) is 16.2 Å². The third-order valence-corrected chi connectivity index (χ3v) is 3.40. The van der Waals surface area contributed by atoms with Crippen molar-refractivity contribution in [3.63, 3.8) is 0 Å². The number of nitriles is 2. The van der Waals surface area contributed by atoms with Crippen LogP contribution in [0, 0.1) is 29.6 Å². The highest BCUT2D eigenvalue weighted by molar-refractivity contribution is 7.18. The molecule has 0 amide bonds. The van der Waals surface area contributed by atoms with Crippen LogP contribution >= 0.6 is 22.9 Å². The Morgan fingerprint density at radius 1 is 1.33 bits per heavy atom. The van der Waals surface area contributed by atoms with Gasteiger partial charge in [0.1, 0.15) is 23.7 Å². The fraction of sp³-hybridized carbons (Fsp3) is 0.273. The summed E-state index contributed by atoms with van der Waals surface area (Å²) in [6.45, 7) is 2.14. The molecule has 5 nitrogen and oxygen atoms in total. The number of hydrogen-bond acceptors (Lipinski definition) is 6. The van der Waals surface area contributed by atoms with E-state index in [2.05, 4.69) is 9.97 Å². The van der Waals surface area contributed by atoms with Gasteiger partial charge in [-0.15, -0.1) is 11.3 Å². The molecule has 0 unspecified atom stereocenters. The van der Waals surface area contributed by atoms with E-state index in [0.717, 1.165) is 15.1 Å². The van der Waals surface area contributed by atoms with Crippen molar-refractivity contribution in [1.82, 2.24) is 9.97 Å². The lowest BCUT2D eigenvalue weighted by Crippen LogP contribution is -2.25. The van der Waals surface area contributed by atoms with Crippen LogP contribution in [0.4, 0.5) is 5.82 Å². The fourth-order valence-corrected chi connectivity index (χ4v) is 2.71. The van der Waals surface area contributed by atoms with Gasteiger partial charge in [0, 0.05) is 4.88 Å². The van der Waals surface area contributed by atoms with E-state index < -0.39 is 0 Å². The van der Waals surface area contributed by atoms with E-state index in [1.54, 1.807) is 4.90 Å². The molecule has 0 spiro atoms. The number of aryl methyl sites for hydroxylation is 1. The summed E-state index contributed by atoms with van der Waals surface area (Å²) in [5, 5.41) is 18.5. The van der Waals surface area contributed by atoms with Gasteiger partial charge in [0.05, 0.1) is 17.5 Å². The average molecular weight is 278 g/mol. The summed E-state index contributed by atoms with van der Waals surface area (Å²) in [6.07, 6.45) is 0. The van der Waals surface area contributed by atoms with Crippen molar-refractivity contribution in [1.29, 1.82) is 10.5 Å². The van der Waals surface area contributed by atoms with Gasteiger partial charge in [-0.25, -0.2) is 4.98 Å². The Morgan fingerprint density at radius 3 is 2.61 bits per heavy atom. The maximum atomic E-state index is 8.80. The quantitative estimate of drug-likeness (QED) is 0.636. The van der Waals surface area contributed by atoms with Crippen molar-refractivity contribution >= 4 is 39.0 Å². The predicted molar refractivity (Wildman–Crippen MR) is 70.6 cm³/mol. The lowest BCUT2D eigenvalue weighted by molar-refractivity contribution is 0.938. The van der Waals surface area contributed by atoms with E-state index in [4.69, 9.17) is 22.1 Å². The Hall–Kier alpha value is -1.89. The third-order valence-electron chi connectivity index (χ3n) is 2.29. The summed E-state index contributed by atoms with van der Waals surface area (Å²) in [7, 11) is 0. The molecular formula is C11H8ClN5S. The van der Waals surface area contributed by atoms with Gasteiger partial charge in [0.15, 0.2) is 0 Å². The van der Waals surface area contributed by atoms with Crippen LogP contribution in [0.5, 0.6) is 0 Å². The molecule has 2 rings (SSSR count). The molecule has 0 aliphatic heterocycles. The smallest absolute Gasteiger partial charge is 0.225 e. The molecular weight excluding hydrogens is 270 g/mol. The van der Waals surface area contributed by atoms with Gasteiger partial charge in [-0.3, -0.25) is 0 Å². The fourth-order valence-electron chi connectivity index (χ4n) is 1.62. The van der Waals surface area contributed by atoms with Gasteiger partial charge >= 0.3 is 0 Å². The molecule has 0 radical (unpaired) electrons. The zero-order valence-electron chi connectivity index (χ0n) is 9.51. The molecule has 0 saturated heterocycles. The molecule has 0 bridgehead atoms. The molecule has 0 aromatic carbocycles. The standard InChI is InChI=1S/C11H8ClN5S/c1-7-6-8-9(17(4-2-13)5-3-14)15-11(12)16-10(8)18-7/h6H,4-5H2,1H3. The SMILES string of the molecule is Cc1cc2c(N(CC#N)CC#N)nc(Cl)nc2s1. The first-order valence-electron chi connectivity index (χ1n) is 5.08. The molecule has 2 aromatic heterocycles. The lowest BCUT2D eigenvalue weighted by Gasteiger charge is -2.17. The zero-order valence-corrected chi connectivity index (χ0v) is 11.1. The summed E-state index contributed by atoms with van der Waals surface area (Å²) in [5.41, 5.74) is 0. The van der Waals surface area contributed by atoms with Gasteiger partial charge in [-0.05, 0) is 24.6 Å². The van der Waals surface area contributed by atoms with E-state index in [1.165, 1.54) is 11.3 Å². The number of aromatic nitrogens is 2. The summed E-state index contributed by atoms with van der Waals surface area (Å²) < 4.78 is 0. The van der Waals surface area contributed by atoms with Crippen LogP contribution < -0.4 is 4.90 Å². The largest absolute Gasteiger partial charge is 0.329 e. The van der Waals surface area contributed by atoms with Crippen LogP contribution in [0.15, 0.2) is 6.07 Å². The monoisotopic (exact) mass is 277 g/mol. The predicted octanol–water partition coefficient (Wildman–Crippen LogP) is 2.51. The van der Waals surface area contributed by atoms with Crippen molar-refractivity contribution in [3.8, 4) is 12.1 Å². The van der Waals surface area contributed by atoms with Crippen LogP contribution in [-0.2, 0) is 0 Å². The number of nitrogens with zero attached hydrogens (tertiary/aromatic N) is 5. The van der Waals surface area contributed by atoms with Gasteiger partial charge in [-0.2, -0.15) is 15.5 Å². The molecule has 0 fully saturated rings. The second-order valence-corrected chi connectivity index (χ2v) is 5.14. The topological polar surface area (TPSA) is 76.6 Å². The average Bonchev–Trinajstić information content (AvgIpc) is 2.68. The summed E-state index contributed by atoms with van der Waals surface area (Å²) in [4.78, 5) is 11.7. The minimum atomic E-state index is 0.0882. The summed E-state index contributed by atoms with van der Waals surface area (Å²) in [6, 6.07) is 5.97. The highest BCUT2D eigenvalue weighted by Gasteiger charge is 2.15. The Kier molecular flexibility index (Phi) is 3.61. The van der Waals surface area contributed by atoms with Crippen molar-refractivity contribution in [2.24, 2.45) is 0 Å². The van der Waals surface area contributed by atoms with Crippen LogP contribution in [0.3, 0.4) is 0 Å². The molecule has 0 aliphatic carbocycles. The molecule has 2 aromatic rings. The highest BCUT2D eigenvalue weighted by Crippen LogP contribution is 2.31. The number of anilines is 1. The first-order valence-corrected chi connectivity index (χ1v) is 6.27. The van der Waals surface area contributed by atoms with Crippen molar-refractivity contribution < 1.29 is 0 Å². The van der Waals surface area contributed by atoms with Gasteiger partial charge in [0.25, 0.3) is 0 Å². The second kappa shape index (κ2) is 5.18. The number of halogens is 1. The Morgan fingerprint density at radius 2 is 2.00 bits per heavy atom. The molecule has 0 saturated carbocycles. The molecule has 0 aliphatic rings. The first kappa shape index (κ1) is 12.6. The number of fused-ring (bicyclic) bond motifs is 1. The van der Waals surface area contributed by atoms with Crippen LogP contribution in [0.25, 0.3) is 10.2 Å². The van der Waals surface area contributed by atoms with Crippen molar-refractivity contribution in [2.75, 3.05) is 18.0 Å². The van der Waals surface area contributed by atoms with E-state index >= 15 is 0 Å². The molecule has 0 atom stereocenters. The molecule has 90 valence electrons. The first-order chi connectivity index (χ1) is 8.65. The summed E-state index contributed by atoms with van der Waals surface area (Å²) >= 11 is 7.38. The van der Waals surface area contributed by atoms with Crippen LogP contribution in [0.2, 0.25) is 5.28 Å². The Balaban J connectivity index is 2.61. The molecule has 7 heteroatoms. The highest BCUT2D eigenvalue weighted by atomic mass is 35.5. The van der Waals surface area contributed by atoms with E-state index in [9.17, 15) is 0 Å². The minimum Gasteiger partial charge on any atom is -0.329 e. The normalized spacial score (nSPS) is 10.0. The van der Waals surface area contributed by atoms with Crippen molar-refractivity contribution in [2.45, 2.75) is 6.92 Å². The number of hydrogen-bond donors (Lipinski definition) is 0. The number of thiophene rings is 1. The number of rotatable bonds is 3. The van der Waals surface area contributed by atoms with Gasteiger partial charge < -0.3 is 4.90 Å². The van der Waals surface area contributed by atoms with Gasteiger partial charge in [0.2, 0.25) is 5.28 Å². The molecule has 2 heterocycles. The molecule has 18 heavy (non-hydrogen) atoms.